The van der Waals surface area contributed by atoms with Crippen molar-refractivity contribution in [1.82, 2.24) is 9.80 Å². The number of piperazine rings is 1. The predicted molar refractivity (Wildman–Crippen MR) is 118 cm³/mol. The van der Waals surface area contributed by atoms with E-state index in [0.717, 1.165) is 23.4 Å². The number of rotatable bonds is 6. The lowest BCUT2D eigenvalue weighted by atomic mass is 10.0. The second-order valence-electron chi connectivity index (χ2n) is 8.51. The highest BCUT2D eigenvalue weighted by Crippen LogP contribution is 2.29. The topological polar surface area (TPSA) is 32.8 Å². The Bertz CT molecular complexity index is 919. The molecule has 1 aliphatic heterocycles. The van der Waals surface area contributed by atoms with Gasteiger partial charge in [0, 0.05) is 19.1 Å². The van der Waals surface area contributed by atoms with E-state index in [4.69, 9.17) is 4.74 Å². The van der Waals surface area contributed by atoms with Gasteiger partial charge >= 0.3 is 0 Å². The second kappa shape index (κ2) is 9.46. The molecule has 1 heterocycles. The Kier molecular flexibility index (Phi) is 6.96. The Hall–Kier alpha value is -2.62. The van der Waals surface area contributed by atoms with Gasteiger partial charge in [0.2, 0.25) is 0 Å². The maximum atomic E-state index is 13.2. The van der Waals surface area contributed by atoms with Gasteiger partial charge in [-0.1, -0.05) is 38.1 Å². The zero-order valence-electron chi connectivity index (χ0n) is 18.5. The molecule has 0 spiro atoms. The van der Waals surface area contributed by atoms with E-state index in [-0.39, 0.29) is 17.9 Å². The molecule has 0 aromatic heterocycles. The molecular weight excluding hydrogens is 379 g/mol. The number of hydrogen-bond donors (Lipinski definition) is 0. The first-order valence-electron chi connectivity index (χ1n) is 10.5. The number of hydrogen-bond acceptors (Lipinski definition) is 4. The SMILES string of the molecule is Cc1ccc(C(C)C)c(OCN2C[C@@H](C)N(Cc3ccc(F)cc3)C(=C=O)[C@@H]2C)c1. The highest BCUT2D eigenvalue weighted by Gasteiger charge is 2.34. The van der Waals surface area contributed by atoms with Crippen molar-refractivity contribution in [3.63, 3.8) is 0 Å². The Morgan fingerprint density at radius 1 is 1.17 bits per heavy atom. The third-order valence-corrected chi connectivity index (χ3v) is 5.83. The summed E-state index contributed by atoms with van der Waals surface area (Å²) >= 11 is 0. The van der Waals surface area contributed by atoms with Gasteiger partial charge in [0.25, 0.3) is 0 Å². The fourth-order valence-corrected chi connectivity index (χ4v) is 3.98. The normalized spacial score (nSPS) is 19.8. The highest BCUT2D eigenvalue weighted by atomic mass is 19.1. The summed E-state index contributed by atoms with van der Waals surface area (Å²) in [4.78, 5) is 16.1. The van der Waals surface area contributed by atoms with E-state index in [1.165, 1.54) is 17.7 Å². The molecule has 1 aliphatic rings. The van der Waals surface area contributed by atoms with E-state index in [9.17, 15) is 9.18 Å². The van der Waals surface area contributed by atoms with Crippen LogP contribution in [0.1, 0.15) is 50.3 Å². The minimum Gasteiger partial charge on any atom is -0.478 e. The molecule has 5 heteroatoms. The van der Waals surface area contributed by atoms with Crippen LogP contribution in [0.3, 0.4) is 0 Å². The van der Waals surface area contributed by atoms with Gasteiger partial charge in [0.15, 0.2) is 0 Å². The van der Waals surface area contributed by atoms with Crippen LogP contribution in [0.5, 0.6) is 5.75 Å². The molecule has 2 aromatic rings. The molecule has 160 valence electrons. The number of benzene rings is 2. The molecule has 2 aromatic carbocycles. The largest absolute Gasteiger partial charge is 0.478 e. The monoisotopic (exact) mass is 410 g/mol. The molecule has 0 unspecified atom stereocenters. The van der Waals surface area contributed by atoms with Gasteiger partial charge in [-0.2, -0.15) is 0 Å². The van der Waals surface area contributed by atoms with Crippen molar-refractivity contribution in [2.45, 2.75) is 59.2 Å². The maximum Gasteiger partial charge on any atom is 0.147 e. The second-order valence-corrected chi connectivity index (χ2v) is 8.51. The Morgan fingerprint density at radius 3 is 2.50 bits per heavy atom. The van der Waals surface area contributed by atoms with Crippen LogP contribution in [0.4, 0.5) is 4.39 Å². The molecule has 0 radical (unpaired) electrons. The van der Waals surface area contributed by atoms with Gasteiger partial charge in [-0.05, 0) is 61.6 Å². The van der Waals surface area contributed by atoms with E-state index in [2.05, 4.69) is 61.6 Å². The lowest BCUT2D eigenvalue weighted by molar-refractivity contribution is 0.0281. The van der Waals surface area contributed by atoms with E-state index in [1.54, 1.807) is 12.1 Å². The average Bonchev–Trinajstić information content (AvgIpc) is 2.71. The fraction of sp³-hybridized carbons (Fsp3) is 0.440. The number of carbonyl (C=O) groups excluding carboxylic acids is 1. The maximum absolute atomic E-state index is 13.2. The lowest BCUT2D eigenvalue weighted by Gasteiger charge is -2.45. The van der Waals surface area contributed by atoms with Crippen molar-refractivity contribution in [1.29, 1.82) is 0 Å². The van der Waals surface area contributed by atoms with Crippen LogP contribution >= 0.6 is 0 Å². The molecule has 3 rings (SSSR count). The smallest absolute Gasteiger partial charge is 0.147 e. The van der Waals surface area contributed by atoms with E-state index in [0.29, 0.717) is 24.9 Å². The van der Waals surface area contributed by atoms with Crippen LogP contribution in [0.25, 0.3) is 0 Å². The van der Waals surface area contributed by atoms with Crippen molar-refractivity contribution in [3.8, 4) is 5.75 Å². The minimum atomic E-state index is -0.259. The Morgan fingerprint density at radius 2 is 1.87 bits per heavy atom. The molecule has 0 N–H and O–H groups in total. The molecule has 0 saturated carbocycles. The number of ether oxygens (including phenoxy) is 1. The van der Waals surface area contributed by atoms with E-state index >= 15 is 0 Å². The quantitative estimate of drug-likeness (QED) is 0.634. The summed E-state index contributed by atoms with van der Waals surface area (Å²) in [5.74, 6) is 3.16. The average molecular weight is 411 g/mol. The Balaban J connectivity index is 1.73. The summed E-state index contributed by atoms with van der Waals surface area (Å²) in [5, 5.41) is 0. The molecular formula is C25H31FN2O2. The first kappa shape index (κ1) is 22.1. The van der Waals surface area contributed by atoms with Gasteiger partial charge in [-0.3, -0.25) is 4.90 Å². The molecule has 1 saturated heterocycles. The van der Waals surface area contributed by atoms with Gasteiger partial charge in [-0.25, -0.2) is 9.18 Å². The van der Waals surface area contributed by atoms with Gasteiger partial charge in [0.1, 0.15) is 29.9 Å². The summed E-state index contributed by atoms with van der Waals surface area (Å²) in [6.07, 6.45) is 0. The van der Waals surface area contributed by atoms with Crippen molar-refractivity contribution in [3.05, 3.63) is 70.7 Å². The first-order valence-corrected chi connectivity index (χ1v) is 10.5. The number of aryl methyl sites for hydroxylation is 1. The minimum absolute atomic E-state index is 0.105. The first-order chi connectivity index (χ1) is 14.3. The molecule has 0 bridgehead atoms. The van der Waals surface area contributed by atoms with Gasteiger partial charge in [0.05, 0.1) is 6.04 Å². The highest BCUT2D eigenvalue weighted by molar-refractivity contribution is 5.54. The zero-order valence-corrected chi connectivity index (χ0v) is 18.5. The zero-order chi connectivity index (χ0) is 21.8. The third kappa shape index (κ3) is 4.92. The summed E-state index contributed by atoms with van der Waals surface area (Å²) in [5.41, 5.74) is 3.92. The standard InChI is InChI=1S/C25H31FN2O2/c1-17(2)23-11-6-18(3)12-25(23)30-16-27-13-19(4)28(24(15-29)20(27)5)14-21-7-9-22(26)10-8-21/h6-12,17,19-20H,13-14,16H2,1-5H3/t19-,20+/m1/s1. The van der Waals surface area contributed by atoms with Crippen LogP contribution in [0.2, 0.25) is 0 Å². The Labute approximate surface area is 178 Å². The van der Waals surface area contributed by atoms with Crippen molar-refractivity contribution < 1.29 is 13.9 Å². The van der Waals surface area contributed by atoms with Crippen LogP contribution in [0.15, 0.2) is 48.2 Å². The molecule has 4 nitrogen and oxygen atoms in total. The predicted octanol–water partition coefficient (Wildman–Crippen LogP) is 4.90. The summed E-state index contributed by atoms with van der Waals surface area (Å²) in [7, 11) is 0. The van der Waals surface area contributed by atoms with Crippen LogP contribution in [0, 0.1) is 12.7 Å². The van der Waals surface area contributed by atoms with Crippen molar-refractivity contribution in [2.24, 2.45) is 0 Å². The third-order valence-electron chi connectivity index (χ3n) is 5.83. The summed E-state index contributed by atoms with van der Waals surface area (Å²) in [6, 6.07) is 12.7. The number of halogens is 1. The lowest BCUT2D eigenvalue weighted by Crippen LogP contribution is -2.55. The van der Waals surface area contributed by atoms with E-state index < -0.39 is 0 Å². The van der Waals surface area contributed by atoms with Gasteiger partial charge < -0.3 is 9.64 Å². The molecule has 2 atom stereocenters. The van der Waals surface area contributed by atoms with Crippen molar-refractivity contribution in [2.75, 3.05) is 13.3 Å². The molecule has 30 heavy (non-hydrogen) atoms. The summed E-state index contributed by atoms with van der Waals surface area (Å²) < 4.78 is 19.4. The summed E-state index contributed by atoms with van der Waals surface area (Å²) in [6.45, 7) is 12.2. The van der Waals surface area contributed by atoms with Crippen molar-refractivity contribution >= 4 is 5.94 Å². The van der Waals surface area contributed by atoms with E-state index in [1.807, 2.05) is 6.92 Å². The molecule has 1 fully saturated rings. The fourth-order valence-electron chi connectivity index (χ4n) is 3.98. The van der Waals surface area contributed by atoms with Crippen LogP contribution < -0.4 is 4.74 Å². The van der Waals surface area contributed by atoms with Crippen LogP contribution in [-0.2, 0) is 11.3 Å². The molecule has 0 amide bonds. The van der Waals surface area contributed by atoms with Gasteiger partial charge in [-0.15, -0.1) is 0 Å². The van der Waals surface area contributed by atoms with Crippen LogP contribution in [-0.4, -0.2) is 41.1 Å². The number of nitrogens with zero attached hydrogens (tertiary/aromatic N) is 2. The molecule has 0 aliphatic carbocycles.